The van der Waals surface area contributed by atoms with Gasteiger partial charge in [-0.2, -0.15) is 0 Å². The number of piperidine rings is 1. The number of aliphatic hydroxyl groups is 1. The van der Waals surface area contributed by atoms with Gasteiger partial charge >= 0.3 is 4.87 Å². The number of aromatic nitrogens is 1. The van der Waals surface area contributed by atoms with Crippen LogP contribution in [-0.2, 0) is 28.2 Å². The number of carbonyl (C=O) groups is 2. The summed E-state index contributed by atoms with van der Waals surface area (Å²) in [6, 6.07) is 10.9. The summed E-state index contributed by atoms with van der Waals surface area (Å²) in [6.45, 7) is 0.978. The molecule has 2 heterocycles. The molecule has 1 aliphatic heterocycles. The molecule has 2 amide bonds. The third kappa shape index (κ3) is 5.26. The van der Waals surface area contributed by atoms with E-state index in [-0.39, 0.29) is 35.7 Å². The molecule has 196 valence electrons. The number of hydrogen-bond acceptors (Lipinski definition) is 6. The zero-order valence-corrected chi connectivity index (χ0v) is 22.2. The van der Waals surface area contributed by atoms with Gasteiger partial charge in [-0.05, 0) is 73.6 Å². The molecule has 1 aliphatic carbocycles. The minimum Gasteiger partial charge on any atom is -0.497 e. The van der Waals surface area contributed by atoms with E-state index >= 15 is 0 Å². The van der Waals surface area contributed by atoms with Crippen LogP contribution in [0, 0.1) is 5.92 Å². The average Bonchev–Trinajstić information content (AvgIpc) is 3.21. The summed E-state index contributed by atoms with van der Waals surface area (Å²) in [4.78, 5) is 39.9. The van der Waals surface area contributed by atoms with Crippen molar-refractivity contribution in [2.75, 3.05) is 26.7 Å². The van der Waals surface area contributed by atoms with Gasteiger partial charge < -0.3 is 20.1 Å². The molecular weight excluding hydrogens is 514 g/mol. The molecule has 1 saturated heterocycles. The number of aryl methyl sites for hydroxylation is 1. The van der Waals surface area contributed by atoms with Crippen molar-refractivity contribution in [2.45, 2.75) is 44.2 Å². The molecule has 2 aromatic carbocycles. The lowest BCUT2D eigenvalue weighted by Crippen LogP contribution is -2.48. The van der Waals surface area contributed by atoms with Crippen LogP contribution >= 0.6 is 22.9 Å². The van der Waals surface area contributed by atoms with Crippen molar-refractivity contribution in [1.29, 1.82) is 0 Å². The lowest BCUT2D eigenvalue weighted by Gasteiger charge is -2.36. The third-order valence-electron chi connectivity index (χ3n) is 7.55. The minimum absolute atomic E-state index is 0.0497. The van der Waals surface area contributed by atoms with Crippen molar-refractivity contribution < 1.29 is 19.4 Å². The topological polar surface area (TPSA) is 101 Å². The maximum absolute atomic E-state index is 13.0. The van der Waals surface area contributed by atoms with Crippen molar-refractivity contribution in [1.82, 2.24) is 14.8 Å². The lowest BCUT2D eigenvalue weighted by molar-refractivity contribution is -0.136. The molecule has 1 unspecified atom stereocenters. The molecule has 8 nitrogen and oxygen atoms in total. The van der Waals surface area contributed by atoms with Crippen LogP contribution in [0.15, 0.2) is 41.2 Å². The van der Waals surface area contributed by atoms with Crippen molar-refractivity contribution in [3.05, 3.63) is 62.2 Å². The number of methoxy groups -OCH3 is 1. The number of nitrogens with zero attached hydrogens (tertiary/aromatic N) is 2. The Hall–Kier alpha value is -2.88. The van der Waals surface area contributed by atoms with Crippen molar-refractivity contribution in [3.63, 3.8) is 0 Å². The minimum atomic E-state index is -1.13. The number of benzene rings is 2. The first-order valence-corrected chi connectivity index (χ1v) is 13.7. The van der Waals surface area contributed by atoms with E-state index in [1.165, 1.54) is 4.57 Å². The Morgan fingerprint density at radius 3 is 2.76 bits per heavy atom. The van der Waals surface area contributed by atoms with Gasteiger partial charge in [-0.3, -0.25) is 19.0 Å². The van der Waals surface area contributed by atoms with Gasteiger partial charge in [0.25, 0.3) is 0 Å². The summed E-state index contributed by atoms with van der Waals surface area (Å²) >= 11 is 7.18. The van der Waals surface area contributed by atoms with E-state index < -0.39 is 5.60 Å². The van der Waals surface area contributed by atoms with Crippen molar-refractivity contribution >= 4 is 45.0 Å². The molecule has 10 heteroatoms. The number of fused-ring (bicyclic) bond motifs is 2. The van der Waals surface area contributed by atoms with Crippen LogP contribution in [0.5, 0.6) is 5.75 Å². The van der Waals surface area contributed by atoms with Crippen LogP contribution in [-0.4, -0.2) is 53.1 Å². The van der Waals surface area contributed by atoms with Gasteiger partial charge in [-0.25, -0.2) is 0 Å². The van der Waals surface area contributed by atoms with Crippen LogP contribution in [0.4, 0.5) is 0 Å². The van der Waals surface area contributed by atoms with Gasteiger partial charge in [0.1, 0.15) is 17.9 Å². The van der Waals surface area contributed by atoms with E-state index in [4.69, 9.17) is 16.3 Å². The molecule has 0 saturated carbocycles. The molecule has 0 spiro atoms. The number of carbonyl (C=O) groups excluding carboxylic acids is 2. The number of thiazole rings is 1. The quantitative estimate of drug-likeness (QED) is 0.497. The first-order chi connectivity index (χ1) is 17.8. The van der Waals surface area contributed by atoms with Gasteiger partial charge in [-0.1, -0.05) is 29.0 Å². The van der Waals surface area contributed by atoms with Gasteiger partial charge in [-0.15, -0.1) is 0 Å². The summed E-state index contributed by atoms with van der Waals surface area (Å²) in [5.41, 5.74) is 1.42. The third-order valence-corrected chi connectivity index (χ3v) is 8.75. The largest absolute Gasteiger partial charge is 0.497 e. The molecule has 1 aromatic heterocycles. The van der Waals surface area contributed by atoms with E-state index in [1.54, 1.807) is 30.2 Å². The van der Waals surface area contributed by atoms with Crippen molar-refractivity contribution in [2.24, 2.45) is 5.92 Å². The Morgan fingerprint density at radius 2 is 2.00 bits per heavy atom. The lowest BCUT2D eigenvalue weighted by atomic mass is 9.79. The molecule has 2 N–H and O–H groups in total. The van der Waals surface area contributed by atoms with Gasteiger partial charge in [0.2, 0.25) is 11.8 Å². The average molecular weight is 544 g/mol. The zero-order valence-electron chi connectivity index (χ0n) is 20.7. The fourth-order valence-electron chi connectivity index (χ4n) is 5.41. The van der Waals surface area contributed by atoms with Crippen LogP contribution in [0.2, 0.25) is 5.02 Å². The maximum Gasteiger partial charge on any atom is 0.308 e. The SMILES string of the molecule is COc1ccc2c(c1)C(O)(CNC(=O)C1CCN(C(=O)Cn3c(=O)sc4ccc(Cl)cc43)CC1)CCC2. The Labute approximate surface area is 223 Å². The van der Waals surface area contributed by atoms with Gasteiger partial charge in [0.15, 0.2) is 0 Å². The Morgan fingerprint density at radius 1 is 1.22 bits per heavy atom. The number of rotatable bonds is 6. The van der Waals surface area contributed by atoms with E-state index in [1.807, 2.05) is 18.2 Å². The fraction of sp³-hybridized carbons (Fsp3) is 0.444. The highest BCUT2D eigenvalue weighted by molar-refractivity contribution is 7.16. The molecular formula is C27H30ClN3O5S. The standard InChI is InChI=1S/C27H30ClN3O5S/c1-36-20-6-4-17-3-2-10-27(35,21(17)14-20)16-29-25(33)18-8-11-30(12-9-18)24(32)15-31-22-13-19(28)5-7-23(22)37-26(31)34/h4-7,13-14,18,35H,2-3,8-12,15-16H2,1H3,(H,29,33). The first-order valence-electron chi connectivity index (χ1n) is 12.5. The molecule has 1 atom stereocenters. The molecule has 1 fully saturated rings. The summed E-state index contributed by atoms with van der Waals surface area (Å²) in [7, 11) is 1.60. The summed E-state index contributed by atoms with van der Waals surface area (Å²) < 4.78 is 7.59. The zero-order chi connectivity index (χ0) is 26.2. The number of halogens is 1. The molecule has 3 aromatic rings. The van der Waals surface area contributed by atoms with Gasteiger partial charge in [0.05, 0.1) is 23.9 Å². The van der Waals surface area contributed by atoms with E-state index in [9.17, 15) is 19.5 Å². The number of hydrogen-bond donors (Lipinski definition) is 2. The van der Waals surface area contributed by atoms with Gasteiger partial charge in [0, 0.05) is 24.0 Å². The number of likely N-dealkylation sites (tertiary alicyclic amines) is 1. The Kier molecular flexibility index (Phi) is 7.29. The number of ether oxygens (including phenoxy) is 1. The second-order valence-electron chi connectivity index (χ2n) is 9.85. The molecule has 2 aliphatic rings. The summed E-state index contributed by atoms with van der Waals surface area (Å²) in [6.07, 6.45) is 3.38. The Bertz CT molecular complexity index is 1390. The molecule has 0 bridgehead atoms. The smallest absolute Gasteiger partial charge is 0.308 e. The van der Waals surface area contributed by atoms with E-state index in [0.717, 1.165) is 40.0 Å². The highest BCUT2D eigenvalue weighted by atomic mass is 35.5. The fourth-order valence-corrected chi connectivity index (χ4v) is 6.45. The van der Waals surface area contributed by atoms with E-state index in [2.05, 4.69) is 5.32 Å². The van der Waals surface area contributed by atoms with Crippen LogP contribution in [0.1, 0.15) is 36.8 Å². The van der Waals surface area contributed by atoms with E-state index in [0.29, 0.717) is 48.6 Å². The summed E-state index contributed by atoms with van der Waals surface area (Å²) in [5.74, 6) is 0.195. The first kappa shape index (κ1) is 25.8. The van der Waals surface area contributed by atoms with Crippen molar-refractivity contribution in [3.8, 4) is 5.75 Å². The Balaban J connectivity index is 1.17. The van der Waals surface area contributed by atoms with Crippen LogP contribution in [0.25, 0.3) is 10.2 Å². The molecule has 37 heavy (non-hydrogen) atoms. The predicted molar refractivity (Wildman–Crippen MR) is 143 cm³/mol. The highest BCUT2D eigenvalue weighted by Crippen LogP contribution is 2.37. The monoisotopic (exact) mass is 543 g/mol. The molecule has 0 radical (unpaired) electrons. The summed E-state index contributed by atoms with van der Waals surface area (Å²) in [5, 5.41) is 14.9. The highest BCUT2D eigenvalue weighted by Gasteiger charge is 2.36. The molecule has 5 rings (SSSR count). The predicted octanol–water partition coefficient (Wildman–Crippen LogP) is 3.30. The second-order valence-corrected chi connectivity index (χ2v) is 11.3. The normalized spacial score (nSPS) is 20.0. The van der Waals surface area contributed by atoms with Crippen LogP contribution in [0.3, 0.4) is 0 Å². The number of nitrogens with one attached hydrogen (secondary N) is 1. The second kappa shape index (κ2) is 10.5. The maximum atomic E-state index is 13.0. The number of amides is 2. The van der Waals surface area contributed by atoms with Crippen LogP contribution < -0.4 is 14.9 Å².